The van der Waals surface area contributed by atoms with Crippen molar-refractivity contribution in [3.63, 3.8) is 0 Å². The normalized spacial score (nSPS) is 11.9. The molecule has 1 rings (SSSR count). The van der Waals surface area contributed by atoms with Crippen LogP contribution in [0.5, 0.6) is 5.75 Å². The Morgan fingerprint density at radius 1 is 1.30 bits per heavy atom. The topological polar surface area (TPSA) is 86.6 Å². The molecule has 0 bridgehead atoms. The molecule has 1 amide bonds. The average Bonchev–Trinajstić information content (AvgIpc) is 2.36. The maximum Gasteiger partial charge on any atom is 0.303 e. The molecule has 1 unspecified atom stereocenters. The lowest BCUT2D eigenvalue weighted by atomic mass is 10.0. The summed E-state index contributed by atoms with van der Waals surface area (Å²) in [6.45, 7) is 4.26. The van der Waals surface area contributed by atoms with Gasteiger partial charge in [-0.15, -0.1) is 0 Å². The molecule has 0 saturated heterocycles. The van der Waals surface area contributed by atoms with Gasteiger partial charge in [-0.2, -0.15) is 0 Å². The number of carbonyl (C=O) groups excluding carboxylic acids is 1. The number of hydrogen-bond acceptors (Lipinski definition) is 3. The van der Waals surface area contributed by atoms with Gasteiger partial charge in [0.05, 0.1) is 5.56 Å². The van der Waals surface area contributed by atoms with Gasteiger partial charge in [-0.1, -0.05) is 13.0 Å². The van der Waals surface area contributed by atoms with E-state index in [0.717, 1.165) is 5.56 Å². The number of carbonyl (C=O) groups is 2. The highest BCUT2D eigenvalue weighted by molar-refractivity contribution is 5.96. The first kappa shape index (κ1) is 16.0. The molecule has 20 heavy (non-hydrogen) atoms. The van der Waals surface area contributed by atoms with E-state index in [1.54, 1.807) is 18.2 Å². The first-order valence-electron chi connectivity index (χ1n) is 6.69. The molecule has 0 aliphatic heterocycles. The SMILES string of the molecule is Cc1ccc(C(=O)NCCC(C)CCC(=O)O)c(O)c1. The third-order valence-electron chi connectivity index (χ3n) is 3.17. The van der Waals surface area contributed by atoms with Gasteiger partial charge >= 0.3 is 5.97 Å². The van der Waals surface area contributed by atoms with Gasteiger partial charge in [-0.05, 0) is 43.4 Å². The number of hydrogen-bond donors (Lipinski definition) is 3. The first-order chi connectivity index (χ1) is 9.40. The van der Waals surface area contributed by atoms with Crippen molar-refractivity contribution in [2.75, 3.05) is 6.54 Å². The molecule has 0 saturated carbocycles. The number of benzene rings is 1. The van der Waals surface area contributed by atoms with Gasteiger partial charge in [0.2, 0.25) is 0 Å². The smallest absolute Gasteiger partial charge is 0.303 e. The van der Waals surface area contributed by atoms with Crippen LogP contribution in [0.4, 0.5) is 0 Å². The van der Waals surface area contributed by atoms with Crippen LogP contribution in [0.25, 0.3) is 0 Å². The summed E-state index contributed by atoms with van der Waals surface area (Å²) < 4.78 is 0. The molecule has 0 aromatic heterocycles. The number of amides is 1. The number of carboxylic acids is 1. The van der Waals surface area contributed by atoms with E-state index >= 15 is 0 Å². The number of aliphatic carboxylic acids is 1. The fourth-order valence-electron chi connectivity index (χ4n) is 1.88. The van der Waals surface area contributed by atoms with Crippen molar-refractivity contribution in [2.24, 2.45) is 5.92 Å². The molecule has 0 spiro atoms. The van der Waals surface area contributed by atoms with Gasteiger partial charge in [-0.3, -0.25) is 9.59 Å². The number of aromatic hydroxyl groups is 1. The van der Waals surface area contributed by atoms with E-state index in [-0.39, 0.29) is 29.6 Å². The fourth-order valence-corrected chi connectivity index (χ4v) is 1.88. The van der Waals surface area contributed by atoms with Gasteiger partial charge in [0, 0.05) is 13.0 Å². The Morgan fingerprint density at radius 3 is 2.60 bits per heavy atom. The number of phenolic OH excluding ortho intramolecular Hbond substituents is 1. The molecule has 1 aromatic rings. The van der Waals surface area contributed by atoms with Crippen LogP contribution < -0.4 is 5.32 Å². The van der Waals surface area contributed by atoms with Gasteiger partial charge in [0.1, 0.15) is 5.75 Å². The van der Waals surface area contributed by atoms with Crippen LogP contribution in [0.3, 0.4) is 0 Å². The fraction of sp³-hybridized carbons (Fsp3) is 0.467. The molecular formula is C15H21NO4. The largest absolute Gasteiger partial charge is 0.507 e. The molecule has 3 N–H and O–H groups in total. The van der Waals surface area contributed by atoms with Crippen molar-refractivity contribution in [1.29, 1.82) is 0 Å². The van der Waals surface area contributed by atoms with Crippen LogP contribution in [0.1, 0.15) is 42.1 Å². The lowest BCUT2D eigenvalue weighted by Gasteiger charge is -2.11. The molecule has 0 fully saturated rings. The standard InChI is InChI=1S/C15H21NO4/c1-10(4-6-14(18)19)7-8-16-15(20)12-5-3-11(2)9-13(12)17/h3,5,9-10,17H,4,6-8H2,1-2H3,(H,16,20)(H,18,19). The molecule has 0 aliphatic rings. The van der Waals surface area contributed by atoms with Crippen LogP contribution in [-0.2, 0) is 4.79 Å². The highest BCUT2D eigenvalue weighted by Gasteiger charge is 2.11. The van der Waals surface area contributed by atoms with E-state index in [1.165, 1.54) is 0 Å². The maximum absolute atomic E-state index is 11.9. The summed E-state index contributed by atoms with van der Waals surface area (Å²) in [6.07, 6.45) is 1.46. The second-order valence-electron chi connectivity index (χ2n) is 5.10. The number of rotatable bonds is 7. The molecule has 5 nitrogen and oxygen atoms in total. The minimum absolute atomic E-state index is 0.0265. The quantitative estimate of drug-likeness (QED) is 0.715. The Kier molecular flexibility index (Phi) is 6.03. The van der Waals surface area contributed by atoms with Crippen molar-refractivity contribution in [1.82, 2.24) is 5.32 Å². The second-order valence-corrected chi connectivity index (χ2v) is 5.10. The number of phenols is 1. The van der Waals surface area contributed by atoms with E-state index < -0.39 is 5.97 Å². The summed E-state index contributed by atoms with van der Waals surface area (Å²) >= 11 is 0. The Morgan fingerprint density at radius 2 is 2.00 bits per heavy atom. The predicted molar refractivity (Wildman–Crippen MR) is 75.8 cm³/mol. The van der Waals surface area contributed by atoms with Gasteiger partial charge in [0.25, 0.3) is 5.91 Å². The highest BCUT2D eigenvalue weighted by Crippen LogP contribution is 2.18. The van der Waals surface area contributed by atoms with E-state index in [4.69, 9.17) is 5.11 Å². The summed E-state index contributed by atoms with van der Waals surface area (Å²) in [6, 6.07) is 4.91. The Balaban J connectivity index is 2.38. The average molecular weight is 279 g/mol. The summed E-state index contributed by atoms with van der Waals surface area (Å²) in [7, 11) is 0. The van der Waals surface area contributed by atoms with E-state index in [9.17, 15) is 14.7 Å². The summed E-state index contributed by atoms with van der Waals surface area (Å²) in [4.78, 5) is 22.3. The minimum Gasteiger partial charge on any atom is -0.507 e. The molecule has 5 heteroatoms. The van der Waals surface area contributed by atoms with Crippen LogP contribution >= 0.6 is 0 Å². The Hall–Kier alpha value is -2.04. The van der Waals surface area contributed by atoms with E-state index in [2.05, 4.69) is 5.32 Å². The molecular weight excluding hydrogens is 258 g/mol. The van der Waals surface area contributed by atoms with Crippen LogP contribution in [0.15, 0.2) is 18.2 Å². The maximum atomic E-state index is 11.9. The molecule has 0 aliphatic carbocycles. The third kappa shape index (κ3) is 5.30. The molecule has 1 atom stereocenters. The number of aryl methyl sites for hydroxylation is 1. The summed E-state index contributed by atoms with van der Waals surface area (Å²) in [5, 5.41) is 21.0. The monoisotopic (exact) mass is 279 g/mol. The van der Waals surface area contributed by atoms with Crippen molar-refractivity contribution in [3.05, 3.63) is 29.3 Å². The van der Waals surface area contributed by atoms with Crippen molar-refractivity contribution >= 4 is 11.9 Å². The predicted octanol–water partition coefficient (Wildman–Crippen LogP) is 2.32. The molecule has 110 valence electrons. The molecule has 0 heterocycles. The zero-order valence-corrected chi connectivity index (χ0v) is 11.8. The Bertz CT molecular complexity index is 485. The lowest BCUT2D eigenvalue weighted by molar-refractivity contribution is -0.137. The van der Waals surface area contributed by atoms with Crippen LogP contribution in [-0.4, -0.2) is 28.6 Å². The van der Waals surface area contributed by atoms with Crippen LogP contribution in [0, 0.1) is 12.8 Å². The lowest BCUT2D eigenvalue weighted by Crippen LogP contribution is -2.25. The van der Waals surface area contributed by atoms with Crippen LogP contribution in [0.2, 0.25) is 0 Å². The zero-order valence-electron chi connectivity index (χ0n) is 11.8. The summed E-state index contributed by atoms with van der Waals surface area (Å²) in [5.74, 6) is -0.905. The van der Waals surface area contributed by atoms with E-state index in [0.29, 0.717) is 19.4 Å². The summed E-state index contributed by atoms with van der Waals surface area (Å²) in [5.41, 5.74) is 1.15. The minimum atomic E-state index is -0.800. The molecule has 0 radical (unpaired) electrons. The van der Waals surface area contributed by atoms with Gasteiger partial charge in [-0.25, -0.2) is 0 Å². The van der Waals surface area contributed by atoms with Gasteiger partial charge < -0.3 is 15.5 Å². The first-order valence-corrected chi connectivity index (χ1v) is 6.69. The second kappa shape index (κ2) is 7.53. The van der Waals surface area contributed by atoms with E-state index in [1.807, 2.05) is 13.8 Å². The molecule has 1 aromatic carbocycles. The number of nitrogens with one attached hydrogen (secondary N) is 1. The van der Waals surface area contributed by atoms with Crippen molar-refractivity contribution in [2.45, 2.75) is 33.1 Å². The number of carboxylic acid groups (broad SMARTS) is 1. The highest BCUT2D eigenvalue weighted by atomic mass is 16.4. The van der Waals surface area contributed by atoms with Gasteiger partial charge in [0.15, 0.2) is 0 Å². The van der Waals surface area contributed by atoms with Crippen molar-refractivity contribution in [3.8, 4) is 5.75 Å². The zero-order chi connectivity index (χ0) is 15.1. The van der Waals surface area contributed by atoms with Crippen molar-refractivity contribution < 1.29 is 19.8 Å². The third-order valence-corrected chi connectivity index (χ3v) is 3.17. The Labute approximate surface area is 118 Å².